The fourth-order valence-corrected chi connectivity index (χ4v) is 1.98. The Morgan fingerprint density at radius 2 is 2.33 bits per heavy atom. The van der Waals surface area contributed by atoms with E-state index >= 15 is 0 Å². The van der Waals surface area contributed by atoms with E-state index in [1.165, 1.54) is 29.3 Å². The highest BCUT2D eigenvalue weighted by Crippen LogP contribution is 2.22. The summed E-state index contributed by atoms with van der Waals surface area (Å²) in [5.41, 5.74) is 9.03. The van der Waals surface area contributed by atoms with Crippen molar-refractivity contribution in [1.29, 1.82) is 5.41 Å². The number of rotatable bonds is 3. The number of hydrogen-bond acceptors (Lipinski definition) is 5. The molecule has 2 rings (SSSR count). The number of anilines is 1. The molecule has 5 N–H and O–H groups in total. The molecule has 18 heavy (non-hydrogen) atoms. The Labute approximate surface area is 106 Å². The van der Waals surface area contributed by atoms with Gasteiger partial charge in [0.2, 0.25) is 5.91 Å². The average Bonchev–Trinajstić information content (AvgIpc) is 2.85. The van der Waals surface area contributed by atoms with Crippen LogP contribution in [0.3, 0.4) is 0 Å². The number of imidazole rings is 1. The van der Waals surface area contributed by atoms with E-state index in [-0.39, 0.29) is 11.9 Å². The minimum Gasteiger partial charge on any atom is -0.370 e. The second-order valence-corrected chi connectivity index (χ2v) is 4.27. The van der Waals surface area contributed by atoms with Gasteiger partial charge >= 0.3 is 0 Å². The number of hydrogen-bond donors (Lipinski definition) is 4. The van der Waals surface area contributed by atoms with Gasteiger partial charge in [0.05, 0.1) is 6.20 Å². The van der Waals surface area contributed by atoms with E-state index in [1.807, 2.05) is 0 Å². The first kappa shape index (κ1) is 12.0. The molecule has 8 nitrogen and oxygen atoms in total. The number of nitrogens with one attached hydrogen (secondary N) is 3. The van der Waals surface area contributed by atoms with E-state index in [0.717, 1.165) is 0 Å². The minimum absolute atomic E-state index is 0.167. The fourth-order valence-electron chi connectivity index (χ4n) is 1.26. The molecule has 2 aromatic rings. The molecule has 0 fully saturated rings. The standard InChI is InChI=1S/C9H11N7OS/c1-5(17)15-16-2-6(12-4-16)7-3-18-9(13-7)14-8(10)11/h2-4H,1H3,(H,15,17)(H4,10,11,13,14). The van der Waals surface area contributed by atoms with Gasteiger partial charge in [-0.2, -0.15) is 0 Å². The van der Waals surface area contributed by atoms with Crippen LogP contribution in [-0.2, 0) is 4.79 Å². The maximum absolute atomic E-state index is 10.9. The first-order valence-corrected chi connectivity index (χ1v) is 5.81. The van der Waals surface area contributed by atoms with Crippen molar-refractivity contribution in [3.05, 3.63) is 17.9 Å². The van der Waals surface area contributed by atoms with Gasteiger partial charge in [-0.25, -0.2) is 14.6 Å². The summed E-state index contributed by atoms with van der Waals surface area (Å²) < 4.78 is 1.45. The Hall–Kier alpha value is -2.42. The van der Waals surface area contributed by atoms with Crippen molar-refractivity contribution in [1.82, 2.24) is 14.6 Å². The van der Waals surface area contributed by atoms with Gasteiger partial charge < -0.3 is 11.1 Å². The molecule has 0 radical (unpaired) electrons. The predicted octanol–water partition coefficient (Wildman–Crippen LogP) is 0.402. The van der Waals surface area contributed by atoms with Crippen LogP contribution >= 0.6 is 11.3 Å². The lowest BCUT2D eigenvalue weighted by atomic mass is 10.4. The SMILES string of the molecule is CC(=O)Nn1cnc(-c2csc(NC(=N)N)n2)c1. The van der Waals surface area contributed by atoms with Gasteiger partial charge in [-0.05, 0) is 0 Å². The Bertz CT molecular complexity index is 535. The summed E-state index contributed by atoms with van der Waals surface area (Å²) >= 11 is 1.32. The number of carbonyl (C=O) groups is 1. The lowest BCUT2D eigenvalue weighted by Gasteiger charge is -1.99. The Morgan fingerprint density at radius 1 is 1.56 bits per heavy atom. The van der Waals surface area contributed by atoms with Crippen LogP contribution < -0.4 is 16.5 Å². The summed E-state index contributed by atoms with van der Waals surface area (Å²) in [4.78, 5) is 19.2. The molecule has 0 aliphatic heterocycles. The largest absolute Gasteiger partial charge is 0.370 e. The normalized spacial score (nSPS) is 10.1. The van der Waals surface area contributed by atoms with Crippen LogP contribution in [0.25, 0.3) is 11.4 Å². The maximum atomic E-state index is 10.9. The van der Waals surface area contributed by atoms with Crippen molar-refractivity contribution in [2.24, 2.45) is 5.73 Å². The summed E-state index contributed by atoms with van der Waals surface area (Å²) in [7, 11) is 0. The molecule has 9 heteroatoms. The molecule has 2 aromatic heterocycles. The summed E-state index contributed by atoms with van der Waals surface area (Å²) in [5.74, 6) is -0.351. The van der Waals surface area contributed by atoms with E-state index in [2.05, 4.69) is 20.7 Å². The van der Waals surface area contributed by atoms with Crippen molar-refractivity contribution in [2.75, 3.05) is 10.7 Å². The van der Waals surface area contributed by atoms with Gasteiger partial charge in [0.15, 0.2) is 11.1 Å². The van der Waals surface area contributed by atoms with E-state index in [4.69, 9.17) is 11.1 Å². The van der Waals surface area contributed by atoms with Crippen molar-refractivity contribution >= 4 is 28.3 Å². The summed E-state index contributed by atoms with van der Waals surface area (Å²) in [6, 6.07) is 0. The van der Waals surface area contributed by atoms with Crippen LogP contribution in [0.4, 0.5) is 5.13 Å². The summed E-state index contributed by atoms with van der Waals surface area (Å²) in [5, 5.41) is 12.0. The van der Waals surface area contributed by atoms with Gasteiger partial charge in [-0.15, -0.1) is 11.3 Å². The number of amides is 1. The van der Waals surface area contributed by atoms with E-state index in [1.54, 1.807) is 11.6 Å². The van der Waals surface area contributed by atoms with E-state index in [0.29, 0.717) is 16.5 Å². The molecule has 0 saturated heterocycles. The van der Waals surface area contributed by atoms with Gasteiger partial charge in [0.1, 0.15) is 17.7 Å². The third kappa shape index (κ3) is 2.83. The highest BCUT2D eigenvalue weighted by molar-refractivity contribution is 7.14. The molecule has 94 valence electrons. The zero-order chi connectivity index (χ0) is 13.1. The van der Waals surface area contributed by atoms with Crippen LogP contribution in [0.15, 0.2) is 17.9 Å². The Balaban J connectivity index is 2.15. The van der Waals surface area contributed by atoms with Crippen molar-refractivity contribution in [3.63, 3.8) is 0 Å². The van der Waals surface area contributed by atoms with Crippen molar-refractivity contribution in [2.45, 2.75) is 6.92 Å². The van der Waals surface area contributed by atoms with Crippen molar-refractivity contribution in [3.8, 4) is 11.4 Å². The van der Waals surface area contributed by atoms with Gasteiger partial charge in [-0.1, -0.05) is 0 Å². The topological polar surface area (TPSA) is 122 Å². The van der Waals surface area contributed by atoms with Crippen molar-refractivity contribution < 1.29 is 4.79 Å². The van der Waals surface area contributed by atoms with Gasteiger partial charge in [-0.3, -0.25) is 15.6 Å². The summed E-state index contributed by atoms with van der Waals surface area (Å²) in [6.07, 6.45) is 3.13. The Kier molecular flexibility index (Phi) is 3.24. The Morgan fingerprint density at radius 3 is 3.00 bits per heavy atom. The zero-order valence-electron chi connectivity index (χ0n) is 9.47. The molecule has 0 spiro atoms. The molecule has 0 aliphatic carbocycles. The molecule has 2 heterocycles. The number of nitrogens with two attached hydrogens (primary N) is 1. The molecule has 0 aliphatic rings. The van der Waals surface area contributed by atoms with Gasteiger partial charge in [0.25, 0.3) is 0 Å². The molecule has 1 amide bonds. The maximum Gasteiger partial charge on any atom is 0.235 e. The lowest BCUT2D eigenvalue weighted by Crippen LogP contribution is -2.20. The highest BCUT2D eigenvalue weighted by Gasteiger charge is 2.08. The predicted molar refractivity (Wildman–Crippen MR) is 68.9 cm³/mol. The molecule has 0 saturated carbocycles. The smallest absolute Gasteiger partial charge is 0.235 e. The lowest BCUT2D eigenvalue weighted by molar-refractivity contribution is -0.115. The fraction of sp³-hybridized carbons (Fsp3) is 0.111. The molecule has 0 aromatic carbocycles. The molecule has 0 atom stereocenters. The van der Waals surface area contributed by atoms with Crippen LogP contribution in [0.1, 0.15) is 6.92 Å². The molecular formula is C9H11N7OS. The number of aromatic nitrogens is 3. The number of thiazole rings is 1. The number of carbonyl (C=O) groups excluding carboxylic acids is 1. The second-order valence-electron chi connectivity index (χ2n) is 3.41. The van der Waals surface area contributed by atoms with E-state index in [9.17, 15) is 4.79 Å². The molecular weight excluding hydrogens is 254 g/mol. The zero-order valence-corrected chi connectivity index (χ0v) is 10.3. The molecule has 0 unspecified atom stereocenters. The number of guanidine groups is 1. The quantitative estimate of drug-likeness (QED) is 0.473. The highest BCUT2D eigenvalue weighted by atomic mass is 32.1. The van der Waals surface area contributed by atoms with E-state index < -0.39 is 0 Å². The first-order valence-electron chi connectivity index (χ1n) is 4.93. The van der Waals surface area contributed by atoms with Crippen LogP contribution in [0, 0.1) is 5.41 Å². The minimum atomic E-state index is -0.184. The third-order valence-corrected chi connectivity index (χ3v) is 2.64. The number of nitrogens with zero attached hydrogens (tertiary/aromatic N) is 3. The molecule has 0 bridgehead atoms. The van der Waals surface area contributed by atoms with Crippen LogP contribution in [-0.4, -0.2) is 26.5 Å². The van der Waals surface area contributed by atoms with Crippen LogP contribution in [0.5, 0.6) is 0 Å². The third-order valence-electron chi connectivity index (χ3n) is 1.88. The summed E-state index contributed by atoms with van der Waals surface area (Å²) in [6.45, 7) is 1.41. The van der Waals surface area contributed by atoms with Crippen LogP contribution in [0.2, 0.25) is 0 Å². The van der Waals surface area contributed by atoms with Gasteiger partial charge in [0, 0.05) is 12.3 Å². The second kappa shape index (κ2) is 4.84. The average molecular weight is 265 g/mol. The monoisotopic (exact) mass is 265 g/mol. The first-order chi connectivity index (χ1) is 8.54.